The van der Waals surface area contributed by atoms with Crippen molar-refractivity contribution in [1.82, 2.24) is 14.8 Å². The fourth-order valence-corrected chi connectivity index (χ4v) is 1.27. The van der Waals surface area contributed by atoms with Crippen LogP contribution in [0.4, 0.5) is 0 Å². The maximum absolute atomic E-state index is 10.9. The third-order valence-corrected chi connectivity index (χ3v) is 2.07. The zero-order valence-corrected chi connectivity index (χ0v) is 8.20. The highest BCUT2D eigenvalue weighted by molar-refractivity contribution is 5.92. The summed E-state index contributed by atoms with van der Waals surface area (Å²) in [4.78, 5) is 25.6. The molecule has 16 heavy (non-hydrogen) atoms. The minimum absolute atomic E-state index is 0.278. The predicted octanol–water partition coefficient (Wildman–Crippen LogP) is 0.179. The standard InChI is InChI=1S/C10H8N4O2/c11-10(16)8-3-13-14(5-8)9-4-12-2-1-7(9)6-15/h1-6H,(H2,11,16). The third kappa shape index (κ3) is 1.68. The van der Waals surface area contributed by atoms with E-state index in [2.05, 4.69) is 10.1 Å². The van der Waals surface area contributed by atoms with E-state index in [0.717, 1.165) is 0 Å². The molecule has 0 unspecified atom stereocenters. The van der Waals surface area contributed by atoms with Gasteiger partial charge in [-0.15, -0.1) is 0 Å². The first-order valence-electron chi connectivity index (χ1n) is 4.46. The molecular formula is C10H8N4O2. The highest BCUT2D eigenvalue weighted by Gasteiger charge is 2.08. The van der Waals surface area contributed by atoms with Gasteiger partial charge in [0.15, 0.2) is 6.29 Å². The number of carbonyl (C=O) groups is 2. The maximum atomic E-state index is 10.9. The molecule has 0 aromatic carbocycles. The molecule has 0 atom stereocenters. The zero-order chi connectivity index (χ0) is 11.5. The van der Waals surface area contributed by atoms with Gasteiger partial charge in [-0.1, -0.05) is 0 Å². The molecule has 0 aliphatic heterocycles. The molecule has 0 saturated heterocycles. The van der Waals surface area contributed by atoms with E-state index in [1.54, 1.807) is 6.07 Å². The molecule has 0 aliphatic carbocycles. The number of carbonyl (C=O) groups excluding carboxylic acids is 2. The Morgan fingerprint density at radius 3 is 2.88 bits per heavy atom. The number of aromatic nitrogens is 3. The van der Waals surface area contributed by atoms with Gasteiger partial charge in [-0.25, -0.2) is 4.68 Å². The number of aldehydes is 1. The van der Waals surface area contributed by atoms with Crippen LogP contribution in [0.2, 0.25) is 0 Å². The average Bonchev–Trinajstić information content (AvgIpc) is 2.78. The van der Waals surface area contributed by atoms with Crippen LogP contribution in [0, 0.1) is 0 Å². The van der Waals surface area contributed by atoms with Crippen molar-refractivity contribution < 1.29 is 9.59 Å². The van der Waals surface area contributed by atoms with E-state index in [9.17, 15) is 9.59 Å². The minimum atomic E-state index is -0.567. The van der Waals surface area contributed by atoms with Crippen molar-refractivity contribution in [2.75, 3.05) is 0 Å². The van der Waals surface area contributed by atoms with Gasteiger partial charge in [0.1, 0.15) is 0 Å². The van der Waals surface area contributed by atoms with Crippen LogP contribution in [-0.2, 0) is 0 Å². The van der Waals surface area contributed by atoms with Crippen LogP contribution in [0.5, 0.6) is 0 Å². The average molecular weight is 216 g/mol. The highest BCUT2D eigenvalue weighted by atomic mass is 16.1. The molecule has 6 heteroatoms. The van der Waals surface area contributed by atoms with E-state index >= 15 is 0 Å². The lowest BCUT2D eigenvalue weighted by Gasteiger charge is -2.02. The molecule has 2 heterocycles. The maximum Gasteiger partial charge on any atom is 0.251 e. The summed E-state index contributed by atoms with van der Waals surface area (Å²) < 4.78 is 1.39. The summed E-state index contributed by atoms with van der Waals surface area (Å²) in [6, 6.07) is 1.56. The van der Waals surface area contributed by atoms with Gasteiger partial charge in [0.2, 0.25) is 0 Å². The molecule has 6 nitrogen and oxygen atoms in total. The Bertz CT molecular complexity index is 547. The van der Waals surface area contributed by atoms with Crippen LogP contribution >= 0.6 is 0 Å². The van der Waals surface area contributed by atoms with Gasteiger partial charge in [-0.2, -0.15) is 5.10 Å². The number of nitrogens with zero attached hydrogens (tertiary/aromatic N) is 3. The van der Waals surface area contributed by atoms with Gasteiger partial charge in [0.25, 0.3) is 5.91 Å². The van der Waals surface area contributed by atoms with Crippen molar-refractivity contribution in [3.05, 3.63) is 42.0 Å². The second kappa shape index (κ2) is 3.93. The summed E-state index contributed by atoms with van der Waals surface area (Å²) in [6.07, 6.45) is 6.48. The number of primary amides is 1. The molecule has 0 fully saturated rings. The number of pyridine rings is 1. The van der Waals surface area contributed by atoms with Crippen LogP contribution < -0.4 is 5.73 Å². The Morgan fingerprint density at radius 2 is 2.25 bits per heavy atom. The topological polar surface area (TPSA) is 90.9 Å². The lowest BCUT2D eigenvalue weighted by Crippen LogP contribution is -2.09. The molecule has 80 valence electrons. The first kappa shape index (κ1) is 10.0. The Morgan fingerprint density at radius 1 is 1.44 bits per heavy atom. The molecule has 2 aromatic heterocycles. The second-order valence-corrected chi connectivity index (χ2v) is 3.09. The van der Waals surface area contributed by atoms with Crippen molar-refractivity contribution in [2.24, 2.45) is 5.73 Å². The second-order valence-electron chi connectivity index (χ2n) is 3.09. The molecular weight excluding hydrogens is 208 g/mol. The number of hydrogen-bond donors (Lipinski definition) is 1. The molecule has 0 bridgehead atoms. The minimum Gasteiger partial charge on any atom is -0.366 e. The molecule has 0 spiro atoms. The number of rotatable bonds is 3. The van der Waals surface area contributed by atoms with Crippen molar-refractivity contribution in [1.29, 1.82) is 0 Å². The van der Waals surface area contributed by atoms with E-state index in [1.807, 2.05) is 0 Å². The van der Waals surface area contributed by atoms with Crippen molar-refractivity contribution in [3.8, 4) is 5.69 Å². The summed E-state index contributed by atoms with van der Waals surface area (Å²) in [6.45, 7) is 0. The summed E-state index contributed by atoms with van der Waals surface area (Å²) in [5.41, 5.74) is 6.32. The lowest BCUT2D eigenvalue weighted by atomic mass is 10.2. The molecule has 2 aromatic rings. The highest BCUT2D eigenvalue weighted by Crippen LogP contribution is 2.10. The van der Waals surface area contributed by atoms with Gasteiger partial charge in [-0.3, -0.25) is 14.6 Å². The largest absolute Gasteiger partial charge is 0.366 e. The van der Waals surface area contributed by atoms with Gasteiger partial charge in [0.05, 0.1) is 23.6 Å². The monoisotopic (exact) mass is 216 g/mol. The fraction of sp³-hybridized carbons (Fsp3) is 0. The van der Waals surface area contributed by atoms with Crippen LogP contribution in [0.1, 0.15) is 20.7 Å². The molecule has 0 radical (unpaired) electrons. The predicted molar refractivity (Wildman–Crippen MR) is 55.3 cm³/mol. The Hall–Kier alpha value is -2.50. The van der Waals surface area contributed by atoms with Crippen LogP contribution in [0.3, 0.4) is 0 Å². The zero-order valence-electron chi connectivity index (χ0n) is 8.20. The normalized spacial score (nSPS) is 10.0. The smallest absolute Gasteiger partial charge is 0.251 e. The Kier molecular flexibility index (Phi) is 2.47. The lowest BCUT2D eigenvalue weighted by molar-refractivity contribution is 0.1000. The summed E-state index contributed by atoms with van der Waals surface area (Å²) in [5.74, 6) is -0.567. The fourth-order valence-electron chi connectivity index (χ4n) is 1.27. The van der Waals surface area contributed by atoms with Gasteiger partial charge >= 0.3 is 0 Å². The Balaban J connectivity index is 2.50. The van der Waals surface area contributed by atoms with Crippen molar-refractivity contribution in [3.63, 3.8) is 0 Å². The van der Waals surface area contributed by atoms with E-state index in [4.69, 9.17) is 5.73 Å². The third-order valence-electron chi connectivity index (χ3n) is 2.07. The first-order chi connectivity index (χ1) is 7.72. The van der Waals surface area contributed by atoms with E-state index in [1.165, 1.54) is 29.5 Å². The van der Waals surface area contributed by atoms with Crippen LogP contribution in [-0.4, -0.2) is 27.0 Å². The molecule has 1 amide bonds. The molecule has 0 aliphatic rings. The van der Waals surface area contributed by atoms with E-state index in [0.29, 0.717) is 17.5 Å². The van der Waals surface area contributed by atoms with Crippen LogP contribution in [0.15, 0.2) is 30.9 Å². The molecule has 2 rings (SSSR count). The van der Waals surface area contributed by atoms with E-state index < -0.39 is 5.91 Å². The number of amides is 1. The van der Waals surface area contributed by atoms with Crippen LogP contribution in [0.25, 0.3) is 5.69 Å². The van der Waals surface area contributed by atoms with Gasteiger partial charge in [-0.05, 0) is 6.07 Å². The van der Waals surface area contributed by atoms with Gasteiger partial charge in [0, 0.05) is 18.0 Å². The van der Waals surface area contributed by atoms with Crippen molar-refractivity contribution >= 4 is 12.2 Å². The summed E-state index contributed by atoms with van der Waals surface area (Å²) >= 11 is 0. The first-order valence-corrected chi connectivity index (χ1v) is 4.46. The number of hydrogen-bond acceptors (Lipinski definition) is 4. The number of nitrogens with two attached hydrogens (primary N) is 1. The van der Waals surface area contributed by atoms with Gasteiger partial charge < -0.3 is 5.73 Å². The summed E-state index contributed by atoms with van der Waals surface area (Å²) in [5, 5.41) is 3.93. The SMILES string of the molecule is NC(=O)c1cnn(-c2cnccc2C=O)c1. The quantitative estimate of drug-likeness (QED) is 0.741. The Labute approximate surface area is 90.7 Å². The molecule has 2 N–H and O–H groups in total. The molecule has 0 saturated carbocycles. The van der Waals surface area contributed by atoms with E-state index in [-0.39, 0.29) is 5.56 Å². The summed E-state index contributed by atoms with van der Waals surface area (Å²) in [7, 11) is 0. The van der Waals surface area contributed by atoms with Crippen molar-refractivity contribution in [2.45, 2.75) is 0 Å².